The maximum atomic E-state index is 12.5. The first-order valence-corrected chi connectivity index (χ1v) is 12.2. The second-order valence-corrected chi connectivity index (χ2v) is 9.46. The molecule has 1 aliphatic heterocycles. The van der Waals surface area contributed by atoms with Gasteiger partial charge in [0.15, 0.2) is 5.78 Å². The lowest BCUT2D eigenvalue weighted by atomic mass is 10.1. The molecule has 10 heteroatoms. The minimum Gasteiger partial charge on any atom is -0.494 e. The van der Waals surface area contributed by atoms with Crippen LogP contribution >= 0.6 is 0 Å². The normalized spacial score (nSPS) is 14.0. The van der Waals surface area contributed by atoms with E-state index in [0.717, 1.165) is 12.8 Å². The van der Waals surface area contributed by atoms with Gasteiger partial charge >= 0.3 is 0 Å². The molecule has 0 atom stereocenters. The Labute approximate surface area is 193 Å². The first kappa shape index (κ1) is 24.4. The van der Waals surface area contributed by atoms with Crippen LogP contribution in [0, 0.1) is 0 Å². The maximum Gasteiger partial charge on any atom is 0.269 e. The lowest BCUT2D eigenvalue weighted by Gasteiger charge is -2.15. The Bertz CT molecular complexity index is 1090. The molecular formula is C23H27N3O6S. The van der Waals surface area contributed by atoms with Crippen LogP contribution in [0.3, 0.4) is 0 Å². The van der Waals surface area contributed by atoms with Gasteiger partial charge < -0.3 is 4.74 Å². The van der Waals surface area contributed by atoms with Gasteiger partial charge in [-0.1, -0.05) is 0 Å². The fourth-order valence-corrected chi connectivity index (χ4v) is 4.91. The van der Waals surface area contributed by atoms with E-state index in [1.807, 2.05) is 6.92 Å². The van der Waals surface area contributed by atoms with Crippen molar-refractivity contribution in [2.24, 2.45) is 0 Å². The van der Waals surface area contributed by atoms with Crippen LogP contribution in [0.5, 0.6) is 5.75 Å². The van der Waals surface area contributed by atoms with Crippen LogP contribution in [0.2, 0.25) is 0 Å². The van der Waals surface area contributed by atoms with E-state index in [1.165, 1.54) is 28.6 Å². The highest BCUT2D eigenvalue weighted by atomic mass is 32.2. The summed E-state index contributed by atoms with van der Waals surface area (Å²) in [4.78, 5) is 36.6. The van der Waals surface area contributed by atoms with Gasteiger partial charge in [0.2, 0.25) is 15.9 Å². The largest absolute Gasteiger partial charge is 0.494 e. The molecule has 176 valence electrons. The number of Topliss-reactive ketones (excluding diaryl/α,β-unsaturated/α-hetero) is 1. The van der Waals surface area contributed by atoms with Crippen LogP contribution in [0.25, 0.3) is 0 Å². The molecule has 0 saturated carbocycles. The van der Waals surface area contributed by atoms with Crippen molar-refractivity contribution in [3.63, 3.8) is 0 Å². The monoisotopic (exact) mass is 473 g/mol. The van der Waals surface area contributed by atoms with Crippen LogP contribution in [0.1, 0.15) is 53.3 Å². The first-order chi connectivity index (χ1) is 15.8. The van der Waals surface area contributed by atoms with Gasteiger partial charge in [0.05, 0.1) is 11.5 Å². The predicted octanol–water partition coefficient (Wildman–Crippen LogP) is 2.29. The van der Waals surface area contributed by atoms with Gasteiger partial charge in [-0.2, -0.15) is 4.31 Å². The lowest BCUT2D eigenvalue weighted by molar-refractivity contribution is -0.121. The molecular weight excluding hydrogens is 446 g/mol. The quantitative estimate of drug-likeness (QED) is 0.426. The third-order valence-corrected chi connectivity index (χ3v) is 7.11. The van der Waals surface area contributed by atoms with Crippen molar-refractivity contribution in [1.29, 1.82) is 0 Å². The number of ketones is 1. The average molecular weight is 474 g/mol. The van der Waals surface area contributed by atoms with E-state index in [2.05, 4.69) is 10.9 Å². The van der Waals surface area contributed by atoms with E-state index in [4.69, 9.17) is 4.74 Å². The second kappa shape index (κ2) is 11.1. The summed E-state index contributed by atoms with van der Waals surface area (Å²) in [5.74, 6) is -0.646. The lowest BCUT2D eigenvalue weighted by Crippen LogP contribution is -2.41. The fraction of sp³-hybridized carbons (Fsp3) is 0.348. The smallest absolute Gasteiger partial charge is 0.269 e. The van der Waals surface area contributed by atoms with Crippen molar-refractivity contribution < 1.29 is 27.5 Å². The highest BCUT2D eigenvalue weighted by molar-refractivity contribution is 7.89. The van der Waals surface area contributed by atoms with Crippen LogP contribution in [-0.2, 0) is 14.8 Å². The molecule has 9 nitrogen and oxygen atoms in total. The Balaban J connectivity index is 1.46. The van der Waals surface area contributed by atoms with Crippen molar-refractivity contribution >= 4 is 27.6 Å². The Morgan fingerprint density at radius 1 is 0.879 bits per heavy atom. The molecule has 1 fully saturated rings. The van der Waals surface area contributed by atoms with Gasteiger partial charge in [0, 0.05) is 37.1 Å². The second-order valence-electron chi connectivity index (χ2n) is 7.52. The van der Waals surface area contributed by atoms with Crippen LogP contribution in [-0.4, -0.2) is 50.0 Å². The molecule has 2 amide bonds. The standard InChI is InChI=1S/C23H27N3O6S/c1-2-32-19-9-5-17(6-10-19)21(27)13-14-22(28)24-25-23(29)18-7-11-20(12-8-18)33(30,31)26-15-3-4-16-26/h5-12H,2-4,13-16H2,1H3,(H,24,28)(H,25,29). The van der Waals surface area contributed by atoms with E-state index >= 15 is 0 Å². The zero-order valence-corrected chi connectivity index (χ0v) is 19.2. The number of sulfonamides is 1. The Morgan fingerprint density at radius 2 is 1.48 bits per heavy atom. The van der Waals surface area contributed by atoms with E-state index in [1.54, 1.807) is 24.3 Å². The van der Waals surface area contributed by atoms with Crippen LogP contribution in [0.4, 0.5) is 0 Å². The van der Waals surface area contributed by atoms with Gasteiger partial charge in [-0.05, 0) is 68.3 Å². The highest BCUT2D eigenvalue weighted by Crippen LogP contribution is 2.21. The zero-order valence-electron chi connectivity index (χ0n) is 18.4. The number of carbonyl (C=O) groups excluding carboxylic acids is 3. The molecule has 2 aromatic carbocycles. The predicted molar refractivity (Wildman–Crippen MR) is 121 cm³/mol. The number of hydrogen-bond acceptors (Lipinski definition) is 6. The third kappa shape index (κ3) is 6.39. The Hall–Kier alpha value is -3.24. The summed E-state index contributed by atoms with van der Waals surface area (Å²) in [6, 6.07) is 12.2. The fourth-order valence-electron chi connectivity index (χ4n) is 3.39. The number of ether oxygens (including phenoxy) is 1. The molecule has 0 radical (unpaired) electrons. The van der Waals surface area contributed by atoms with E-state index in [0.29, 0.717) is 31.0 Å². The summed E-state index contributed by atoms with van der Waals surface area (Å²) in [7, 11) is -3.56. The zero-order chi connectivity index (χ0) is 23.8. The third-order valence-electron chi connectivity index (χ3n) is 5.20. The minimum atomic E-state index is -3.56. The number of nitrogens with one attached hydrogen (secondary N) is 2. The Kier molecular flexibility index (Phi) is 8.18. The molecule has 33 heavy (non-hydrogen) atoms. The number of rotatable bonds is 9. The molecule has 0 aliphatic carbocycles. The number of benzene rings is 2. The summed E-state index contributed by atoms with van der Waals surface area (Å²) in [6.45, 7) is 3.39. The molecule has 1 aliphatic rings. The van der Waals surface area contributed by atoms with Gasteiger partial charge in [-0.15, -0.1) is 0 Å². The SMILES string of the molecule is CCOc1ccc(C(=O)CCC(=O)NNC(=O)c2ccc(S(=O)(=O)N3CCCC3)cc2)cc1. The van der Waals surface area contributed by atoms with Gasteiger partial charge in [0.25, 0.3) is 5.91 Å². The molecule has 1 saturated heterocycles. The number of hydrogen-bond donors (Lipinski definition) is 2. The summed E-state index contributed by atoms with van der Waals surface area (Å²) in [5.41, 5.74) is 5.20. The van der Waals surface area contributed by atoms with Gasteiger partial charge in [-0.3, -0.25) is 25.2 Å². The Morgan fingerprint density at radius 3 is 2.09 bits per heavy atom. The molecule has 0 bridgehead atoms. The van der Waals surface area contributed by atoms with Crippen molar-refractivity contribution in [3.8, 4) is 5.75 Å². The number of carbonyl (C=O) groups is 3. The number of hydrazine groups is 1. The number of nitrogens with zero attached hydrogens (tertiary/aromatic N) is 1. The molecule has 0 unspecified atom stereocenters. The van der Waals surface area contributed by atoms with Crippen molar-refractivity contribution in [2.45, 2.75) is 37.5 Å². The molecule has 1 heterocycles. The summed E-state index contributed by atoms with van der Waals surface area (Å²) in [5, 5.41) is 0. The maximum absolute atomic E-state index is 12.5. The topological polar surface area (TPSA) is 122 Å². The summed E-state index contributed by atoms with van der Waals surface area (Å²) < 4.78 is 31.8. The van der Waals surface area contributed by atoms with Crippen molar-refractivity contribution in [2.75, 3.05) is 19.7 Å². The first-order valence-electron chi connectivity index (χ1n) is 10.8. The van der Waals surface area contributed by atoms with E-state index in [9.17, 15) is 22.8 Å². The van der Waals surface area contributed by atoms with Crippen LogP contribution < -0.4 is 15.6 Å². The van der Waals surface area contributed by atoms with E-state index in [-0.39, 0.29) is 29.1 Å². The molecule has 2 aromatic rings. The van der Waals surface area contributed by atoms with E-state index < -0.39 is 21.8 Å². The molecule has 3 rings (SSSR count). The molecule has 0 spiro atoms. The van der Waals surface area contributed by atoms with Gasteiger partial charge in [0.1, 0.15) is 5.75 Å². The molecule has 0 aromatic heterocycles. The van der Waals surface area contributed by atoms with Crippen molar-refractivity contribution in [3.05, 3.63) is 59.7 Å². The van der Waals surface area contributed by atoms with Crippen molar-refractivity contribution in [1.82, 2.24) is 15.2 Å². The van der Waals surface area contributed by atoms with Crippen LogP contribution in [0.15, 0.2) is 53.4 Å². The number of amides is 2. The highest BCUT2D eigenvalue weighted by Gasteiger charge is 2.27. The van der Waals surface area contributed by atoms with Gasteiger partial charge in [-0.25, -0.2) is 8.42 Å². The minimum absolute atomic E-state index is 0.0151. The summed E-state index contributed by atoms with van der Waals surface area (Å²) >= 11 is 0. The molecule has 2 N–H and O–H groups in total. The average Bonchev–Trinajstić information content (AvgIpc) is 3.38. The summed E-state index contributed by atoms with van der Waals surface area (Å²) in [6.07, 6.45) is 1.56.